The molecule has 0 bridgehead atoms. The molecule has 0 unspecified atom stereocenters. The molecule has 0 atom stereocenters. The Kier molecular flexibility index (Phi) is 7.39. The fourth-order valence-corrected chi connectivity index (χ4v) is 2.62. The predicted octanol–water partition coefficient (Wildman–Crippen LogP) is 1.56. The Labute approximate surface area is 118 Å². The second kappa shape index (κ2) is 8.54. The summed E-state index contributed by atoms with van der Waals surface area (Å²) in [6.07, 6.45) is 2.43. The Hall–Kier alpha value is -0.610. The van der Waals surface area contributed by atoms with E-state index in [1.165, 1.54) is 12.8 Å². The highest BCUT2D eigenvalue weighted by molar-refractivity contribution is 5.78. The van der Waals surface area contributed by atoms with Gasteiger partial charge in [-0.2, -0.15) is 0 Å². The number of likely N-dealkylation sites (tertiary alicyclic amines) is 1. The SMILES string of the molecule is CCN(CC)C(=O)CN1CCC(CNC(C)C)CC1. The van der Waals surface area contributed by atoms with Crippen molar-refractivity contribution in [3.63, 3.8) is 0 Å². The molecule has 1 aliphatic heterocycles. The van der Waals surface area contributed by atoms with Crippen LogP contribution in [0, 0.1) is 5.92 Å². The number of likely N-dealkylation sites (N-methyl/N-ethyl adjacent to an activating group) is 1. The third-order valence-electron chi connectivity index (χ3n) is 4.00. The van der Waals surface area contributed by atoms with Crippen LogP contribution in [-0.4, -0.2) is 61.0 Å². The van der Waals surface area contributed by atoms with Crippen molar-refractivity contribution in [1.29, 1.82) is 0 Å². The van der Waals surface area contributed by atoms with E-state index in [-0.39, 0.29) is 5.91 Å². The van der Waals surface area contributed by atoms with E-state index < -0.39 is 0 Å². The van der Waals surface area contributed by atoms with Crippen LogP contribution in [0.15, 0.2) is 0 Å². The van der Waals surface area contributed by atoms with Crippen molar-refractivity contribution in [3.05, 3.63) is 0 Å². The van der Waals surface area contributed by atoms with Crippen LogP contribution in [0.5, 0.6) is 0 Å². The number of carbonyl (C=O) groups excluding carboxylic acids is 1. The second-order valence-electron chi connectivity index (χ2n) is 5.85. The lowest BCUT2D eigenvalue weighted by molar-refractivity contribution is -0.132. The van der Waals surface area contributed by atoms with Crippen LogP contribution < -0.4 is 5.32 Å². The van der Waals surface area contributed by atoms with Gasteiger partial charge in [0.25, 0.3) is 0 Å². The quantitative estimate of drug-likeness (QED) is 0.762. The van der Waals surface area contributed by atoms with Gasteiger partial charge in [-0.25, -0.2) is 0 Å². The van der Waals surface area contributed by atoms with E-state index in [9.17, 15) is 4.79 Å². The highest BCUT2D eigenvalue weighted by atomic mass is 16.2. The average molecular weight is 269 g/mol. The standard InChI is InChI=1S/C15H31N3O/c1-5-18(6-2)15(19)12-17-9-7-14(8-10-17)11-16-13(3)4/h13-14,16H,5-12H2,1-4H3. The molecule has 19 heavy (non-hydrogen) atoms. The zero-order valence-corrected chi connectivity index (χ0v) is 13.1. The lowest BCUT2D eigenvalue weighted by Gasteiger charge is -2.33. The van der Waals surface area contributed by atoms with Gasteiger partial charge < -0.3 is 10.2 Å². The number of nitrogens with one attached hydrogen (secondary N) is 1. The molecule has 1 rings (SSSR count). The highest BCUT2D eigenvalue weighted by Crippen LogP contribution is 2.16. The predicted molar refractivity (Wildman–Crippen MR) is 80.2 cm³/mol. The van der Waals surface area contributed by atoms with Gasteiger partial charge in [-0.15, -0.1) is 0 Å². The minimum absolute atomic E-state index is 0.281. The van der Waals surface area contributed by atoms with E-state index >= 15 is 0 Å². The largest absolute Gasteiger partial charge is 0.342 e. The zero-order valence-electron chi connectivity index (χ0n) is 13.1. The van der Waals surface area contributed by atoms with Gasteiger partial charge >= 0.3 is 0 Å². The molecule has 0 saturated carbocycles. The number of hydrogen-bond donors (Lipinski definition) is 1. The van der Waals surface area contributed by atoms with Crippen LogP contribution in [0.2, 0.25) is 0 Å². The fourth-order valence-electron chi connectivity index (χ4n) is 2.62. The van der Waals surface area contributed by atoms with E-state index in [2.05, 4.69) is 24.1 Å². The van der Waals surface area contributed by atoms with E-state index in [4.69, 9.17) is 0 Å². The fraction of sp³-hybridized carbons (Fsp3) is 0.933. The van der Waals surface area contributed by atoms with Gasteiger partial charge in [-0.1, -0.05) is 13.8 Å². The van der Waals surface area contributed by atoms with Gasteiger partial charge in [-0.3, -0.25) is 9.69 Å². The molecule has 4 heteroatoms. The first-order chi connectivity index (χ1) is 9.06. The van der Waals surface area contributed by atoms with Gasteiger partial charge in [0.15, 0.2) is 0 Å². The second-order valence-corrected chi connectivity index (χ2v) is 5.85. The van der Waals surface area contributed by atoms with Crippen molar-refractivity contribution in [2.24, 2.45) is 5.92 Å². The number of nitrogens with zero attached hydrogens (tertiary/aromatic N) is 2. The maximum Gasteiger partial charge on any atom is 0.236 e. The molecule has 1 amide bonds. The van der Waals surface area contributed by atoms with Crippen molar-refractivity contribution < 1.29 is 4.79 Å². The van der Waals surface area contributed by atoms with Crippen LogP contribution in [0.4, 0.5) is 0 Å². The summed E-state index contributed by atoms with van der Waals surface area (Å²) in [6, 6.07) is 0.572. The third kappa shape index (κ3) is 5.91. The molecule has 112 valence electrons. The summed E-state index contributed by atoms with van der Waals surface area (Å²) in [4.78, 5) is 16.3. The zero-order chi connectivity index (χ0) is 14.3. The maximum absolute atomic E-state index is 12.0. The number of carbonyl (C=O) groups is 1. The molecule has 0 aromatic heterocycles. The van der Waals surface area contributed by atoms with Gasteiger partial charge in [-0.05, 0) is 52.2 Å². The van der Waals surface area contributed by atoms with Crippen molar-refractivity contribution in [2.75, 3.05) is 39.3 Å². The molecule has 1 N–H and O–H groups in total. The van der Waals surface area contributed by atoms with Crippen LogP contribution in [0.3, 0.4) is 0 Å². The molecule has 4 nitrogen and oxygen atoms in total. The van der Waals surface area contributed by atoms with Crippen molar-refractivity contribution in [1.82, 2.24) is 15.1 Å². The van der Waals surface area contributed by atoms with Crippen LogP contribution in [0.1, 0.15) is 40.5 Å². The Morgan fingerprint density at radius 1 is 1.26 bits per heavy atom. The minimum atomic E-state index is 0.281. The van der Waals surface area contributed by atoms with Crippen molar-refractivity contribution in [2.45, 2.75) is 46.6 Å². The van der Waals surface area contributed by atoms with Gasteiger partial charge in [0.2, 0.25) is 5.91 Å². The van der Waals surface area contributed by atoms with Gasteiger partial charge in [0.05, 0.1) is 6.54 Å². The molecule has 1 aliphatic rings. The Morgan fingerprint density at radius 3 is 2.32 bits per heavy atom. The summed E-state index contributed by atoms with van der Waals surface area (Å²) < 4.78 is 0. The van der Waals surface area contributed by atoms with E-state index in [0.717, 1.165) is 38.6 Å². The topological polar surface area (TPSA) is 35.6 Å². The lowest BCUT2D eigenvalue weighted by Crippen LogP contribution is -2.44. The summed E-state index contributed by atoms with van der Waals surface area (Å²) in [5.41, 5.74) is 0. The number of amides is 1. The first-order valence-corrected chi connectivity index (χ1v) is 7.80. The molecule has 0 aliphatic carbocycles. The molecule has 0 aromatic carbocycles. The molecular weight excluding hydrogens is 238 g/mol. The third-order valence-corrected chi connectivity index (χ3v) is 4.00. The molecule has 0 spiro atoms. The summed E-state index contributed by atoms with van der Waals surface area (Å²) in [7, 11) is 0. The van der Waals surface area contributed by atoms with Crippen LogP contribution in [-0.2, 0) is 4.79 Å². The van der Waals surface area contributed by atoms with Crippen LogP contribution in [0.25, 0.3) is 0 Å². The first kappa shape index (κ1) is 16.4. The maximum atomic E-state index is 12.0. The molecular formula is C15H31N3O. The highest BCUT2D eigenvalue weighted by Gasteiger charge is 2.22. The van der Waals surface area contributed by atoms with Crippen LogP contribution >= 0.6 is 0 Å². The summed E-state index contributed by atoms with van der Waals surface area (Å²) in [5, 5.41) is 3.51. The molecule has 1 heterocycles. The Morgan fingerprint density at radius 2 is 1.84 bits per heavy atom. The van der Waals surface area contributed by atoms with E-state index in [0.29, 0.717) is 12.6 Å². The summed E-state index contributed by atoms with van der Waals surface area (Å²) in [6.45, 7) is 14.0. The number of piperidine rings is 1. The Bertz CT molecular complexity index is 256. The Balaban J connectivity index is 2.24. The number of hydrogen-bond acceptors (Lipinski definition) is 3. The van der Waals surface area contributed by atoms with E-state index in [1.54, 1.807) is 0 Å². The first-order valence-electron chi connectivity index (χ1n) is 7.80. The van der Waals surface area contributed by atoms with Crippen molar-refractivity contribution >= 4 is 5.91 Å². The smallest absolute Gasteiger partial charge is 0.236 e. The lowest BCUT2D eigenvalue weighted by atomic mass is 9.96. The van der Waals surface area contributed by atoms with Gasteiger partial charge in [0.1, 0.15) is 0 Å². The number of rotatable bonds is 7. The van der Waals surface area contributed by atoms with Gasteiger partial charge in [0, 0.05) is 19.1 Å². The van der Waals surface area contributed by atoms with E-state index in [1.807, 2.05) is 18.7 Å². The monoisotopic (exact) mass is 269 g/mol. The molecule has 0 aromatic rings. The minimum Gasteiger partial charge on any atom is -0.342 e. The molecule has 0 radical (unpaired) electrons. The normalized spacial score (nSPS) is 17.9. The summed E-state index contributed by atoms with van der Waals surface area (Å²) >= 11 is 0. The average Bonchev–Trinajstić information content (AvgIpc) is 2.39. The van der Waals surface area contributed by atoms with Crippen molar-refractivity contribution in [3.8, 4) is 0 Å². The molecule has 1 fully saturated rings. The summed E-state index contributed by atoms with van der Waals surface area (Å²) in [5.74, 6) is 1.06. The molecule has 1 saturated heterocycles.